The second kappa shape index (κ2) is 7.34. The molecule has 26 heavy (non-hydrogen) atoms. The standard InChI is InChI=1S/C17H23F2N3O4/c1-25-10-17(24)2-4-21(5-3-17)15-13(18)6-11(7-14(15)19)22-9-12(8-20)26-16(22)23/h6-7,12,24H,2-5,8-10,20H2,1H3. The molecule has 1 atom stereocenters. The van der Waals surface area contributed by atoms with Crippen LogP contribution in [0.3, 0.4) is 0 Å². The number of rotatable bonds is 5. The monoisotopic (exact) mass is 371 g/mol. The van der Waals surface area contributed by atoms with Crippen molar-refractivity contribution in [2.45, 2.75) is 24.5 Å². The van der Waals surface area contributed by atoms with E-state index in [1.165, 1.54) is 12.0 Å². The Morgan fingerprint density at radius 1 is 1.35 bits per heavy atom. The highest BCUT2D eigenvalue weighted by Crippen LogP contribution is 2.34. The maximum Gasteiger partial charge on any atom is 0.414 e. The molecule has 3 N–H and O–H groups in total. The summed E-state index contributed by atoms with van der Waals surface area (Å²) in [4.78, 5) is 14.6. The second-order valence-electron chi connectivity index (χ2n) is 6.75. The van der Waals surface area contributed by atoms with Crippen LogP contribution in [0.25, 0.3) is 0 Å². The van der Waals surface area contributed by atoms with E-state index in [-0.39, 0.29) is 31.1 Å². The van der Waals surface area contributed by atoms with Gasteiger partial charge in [0.15, 0.2) is 11.6 Å². The third kappa shape index (κ3) is 3.60. The lowest BCUT2D eigenvalue weighted by atomic mass is 9.92. The molecule has 0 saturated carbocycles. The summed E-state index contributed by atoms with van der Waals surface area (Å²) in [6, 6.07) is 2.24. The zero-order valence-corrected chi connectivity index (χ0v) is 14.6. The maximum absolute atomic E-state index is 14.6. The molecule has 1 unspecified atom stereocenters. The van der Waals surface area contributed by atoms with Crippen LogP contribution in [0.5, 0.6) is 0 Å². The fourth-order valence-electron chi connectivity index (χ4n) is 3.42. The summed E-state index contributed by atoms with van der Waals surface area (Å²) < 4.78 is 39.3. The molecule has 0 radical (unpaired) electrons. The molecule has 2 saturated heterocycles. The number of carbonyl (C=O) groups excluding carboxylic acids is 1. The number of halogens is 2. The van der Waals surface area contributed by atoms with E-state index in [1.54, 1.807) is 4.90 Å². The molecule has 2 fully saturated rings. The van der Waals surface area contributed by atoms with Crippen molar-refractivity contribution < 1.29 is 28.2 Å². The highest BCUT2D eigenvalue weighted by Gasteiger charge is 2.35. The van der Waals surface area contributed by atoms with E-state index < -0.39 is 29.4 Å². The van der Waals surface area contributed by atoms with E-state index >= 15 is 0 Å². The van der Waals surface area contributed by atoms with Gasteiger partial charge in [0.05, 0.1) is 24.4 Å². The second-order valence-corrected chi connectivity index (χ2v) is 6.75. The zero-order valence-electron chi connectivity index (χ0n) is 14.6. The highest BCUT2D eigenvalue weighted by atomic mass is 19.1. The van der Waals surface area contributed by atoms with Gasteiger partial charge in [-0.3, -0.25) is 4.90 Å². The summed E-state index contributed by atoms with van der Waals surface area (Å²) in [5.74, 6) is -1.53. The van der Waals surface area contributed by atoms with Crippen LogP contribution in [-0.2, 0) is 9.47 Å². The lowest BCUT2D eigenvalue weighted by Gasteiger charge is -2.39. The maximum atomic E-state index is 14.6. The number of ether oxygens (including phenoxy) is 2. The third-order valence-corrected chi connectivity index (χ3v) is 4.87. The normalized spacial score (nSPS) is 22.7. The zero-order chi connectivity index (χ0) is 18.9. The molecular formula is C17H23F2N3O4. The molecule has 144 valence electrons. The Balaban J connectivity index is 1.78. The van der Waals surface area contributed by atoms with Crippen molar-refractivity contribution in [2.75, 3.05) is 49.7 Å². The van der Waals surface area contributed by atoms with Crippen LogP contribution in [0, 0.1) is 11.6 Å². The Kier molecular flexibility index (Phi) is 5.31. The van der Waals surface area contributed by atoms with Crippen molar-refractivity contribution in [3.05, 3.63) is 23.8 Å². The highest BCUT2D eigenvalue weighted by molar-refractivity contribution is 5.90. The number of nitrogens with two attached hydrogens (primary N) is 1. The molecule has 1 aromatic rings. The van der Waals surface area contributed by atoms with Gasteiger partial charge in [-0.05, 0) is 12.8 Å². The van der Waals surface area contributed by atoms with E-state index in [2.05, 4.69) is 0 Å². The molecule has 2 aliphatic rings. The third-order valence-electron chi connectivity index (χ3n) is 4.87. The quantitative estimate of drug-likeness (QED) is 0.809. The van der Waals surface area contributed by atoms with Crippen molar-refractivity contribution in [3.63, 3.8) is 0 Å². The minimum Gasteiger partial charge on any atom is -0.443 e. The first-order valence-corrected chi connectivity index (χ1v) is 8.50. The van der Waals surface area contributed by atoms with Crippen LogP contribution in [0.1, 0.15) is 12.8 Å². The first-order valence-electron chi connectivity index (χ1n) is 8.50. The molecule has 7 nitrogen and oxygen atoms in total. The first kappa shape index (κ1) is 18.8. The molecule has 0 spiro atoms. The molecule has 2 heterocycles. The Bertz CT molecular complexity index is 657. The van der Waals surface area contributed by atoms with Crippen molar-refractivity contribution in [1.29, 1.82) is 0 Å². The summed E-state index contributed by atoms with van der Waals surface area (Å²) in [5.41, 5.74) is 4.43. The molecular weight excluding hydrogens is 348 g/mol. The number of anilines is 2. The first-order chi connectivity index (χ1) is 12.4. The fourth-order valence-corrected chi connectivity index (χ4v) is 3.42. The summed E-state index contributed by atoms with van der Waals surface area (Å²) in [6.07, 6.45) is -0.473. The molecule has 0 bridgehead atoms. The van der Waals surface area contributed by atoms with Gasteiger partial charge in [0.25, 0.3) is 0 Å². The van der Waals surface area contributed by atoms with Gasteiger partial charge >= 0.3 is 6.09 Å². The minimum absolute atomic E-state index is 0.0950. The average Bonchev–Trinajstić information content (AvgIpc) is 2.97. The lowest BCUT2D eigenvalue weighted by molar-refractivity contribution is -0.0473. The van der Waals surface area contributed by atoms with Gasteiger partial charge in [-0.25, -0.2) is 13.6 Å². The fraction of sp³-hybridized carbons (Fsp3) is 0.588. The summed E-state index contributed by atoms with van der Waals surface area (Å²) in [7, 11) is 1.50. The topological polar surface area (TPSA) is 88.3 Å². The molecule has 0 aliphatic carbocycles. The van der Waals surface area contributed by atoms with Crippen LogP contribution >= 0.6 is 0 Å². The number of cyclic esters (lactones) is 1. The molecule has 3 rings (SSSR count). The molecule has 0 aromatic heterocycles. The van der Waals surface area contributed by atoms with Crippen molar-refractivity contribution in [1.82, 2.24) is 0 Å². The van der Waals surface area contributed by atoms with E-state index in [9.17, 15) is 18.7 Å². The lowest BCUT2D eigenvalue weighted by Crippen LogP contribution is -2.47. The van der Waals surface area contributed by atoms with E-state index in [1.807, 2.05) is 0 Å². The molecule has 1 amide bonds. The number of aliphatic hydroxyl groups is 1. The molecule has 9 heteroatoms. The van der Waals surface area contributed by atoms with Gasteiger partial charge in [0.2, 0.25) is 0 Å². The number of nitrogens with zero attached hydrogens (tertiary/aromatic N) is 2. The van der Waals surface area contributed by atoms with Crippen LogP contribution in [0.4, 0.5) is 25.0 Å². The van der Waals surface area contributed by atoms with E-state index in [0.717, 1.165) is 12.1 Å². The predicted molar refractivity (Wildman–Crippen MR) is 91.3 cm³/mol. The van der Waals surface area contributed by atoms with E-state index in [4.69, 9.17) is 15.2 Å². The van der Waals surface area contributed by atoms with Gasteiger partial charge < -0.3 is 25.2 Å². The minimum atomic E-state index is -0.977. The largest absolute Gasteiger partial charge is 0.443 e. The van der Waals surface area contributed by atoms with Gasteiger partial charge in [0.1, 0.15) is 11.8 Å². The summed E-state index contributed by atoms with van der Waals surface area (Å²) in [6.45, 7) is 1.08. The van der Waals surface area contributed by atoms with Crippen molar-refractivity contribution in [3.8, 4) is 0 Å². The van der Waals surface area contributed by atoms with Crippen LogP contribution in [0.2, 0.25) is 0 Å². The van der Waals surface area contributed by atoms with Gasteiger partial charge in [-0.15, -0.1) is 0 Å². The van der Waals surface area contributed by atoms with Crippen LogP contribution < -0.4 is 15.5 Å². The van der Waals surface area contributed by atoms with Gasteiger partial charge in [-0.2, -0.15) is 0 Å². The Morgan fingerprint density at radius 2 is 1.96 bits per heavy atom. The Hall–Kier alpha value is -1.97. The predicted octanol–water partition coefficient (Wildman–Crippen LogP) is 1.23. The van der Waals surface area contributed by atoms with Crippen molar-refractivity contribution >= 4 is 17.5 Å². The van der Waals surface area contributed by atoms with Crippen LogP contribution in [-0.4, -0.2) is 62.8 Å². The van der Waals surface area contributed by atoms with Gasteiger partial charge in [-0.1, -0.05) is 0 Å². The Labute approximate surface area is 150 Å². The summed E-state index contributed by atoms with van der Waals surface area (Å²) in [5, 5.41) is 10.3. The van der Waals surface area contributed by atoms with Crippen LogP contribution in [0.15, 0.2) is 12.1 Å². The SMILES string of the molecule is COCC1(O)CCN(c2c(F)cc(N3CC(CN)OC3=O)cc2F)CC1. The van der Waals surface area contributed by atoms with Gasteiger partial charge in [0, 0.05) is 38.9 Å². The molecule has 2 aliphatic heterocycles. The number of benzene rings is 1. The number of hydrogen-bond donors (Lipinski definition) is 2. The number of hydrogen-bond acceptors (Lipinski definition) is 6. The average molecular weight is 371 g/mol. The van der Waals surface area contributed by atoms with E-state index in [0.29, 0.717) is 25.9 Å². The number of methoxy groups -OCH3 is 1. The van der Waals surface area contributed by atoms with Crippen molar-refractivity contribution in [2.24, 2.45) is 5.73 Å². The molecule has 1 aromatic carbocycles. The number of carbonyl (C=O) groups is 1. The summed E-state index contributed by atoms with van der Waals surface area (Å²) >= 11 is 0. The number of amides is 1. The smallest absolute Gasteiger partial charge is 0.414 e. The number of piperidine rings is 1. The Morgan fingerprint density at radius 3 is 2.46 bits per heavy atom.